The van der Waals surface area contributed by atoms with Gasteiger partial charge in [0, 0.05) is 20.4 Å². The summed E-state index contributed by atoms with van der Waals surface area (Å²) in [5.74, 6) is 0.732. The molecule has 0 unspecified atom stereocenters. The van der Waals surface area contributed by atoms with Crippen LogP contribution in [-0.4, -0.2) is 23.8 Å². The maximum atomic E-state index is 12.2. The summed E-state index contributed by atoms with van der Waals surface area (Å²) in [4.78, 5) is 12.2. The molecule has 1 amide bonds. The number of benzene rings is 1. The van der Waals surface area contributed by atoms with Gasteiger partial charge < -0.3 is 14.8 Å². The Bertz CT molecular complexity index is 728. The Morgan fingerprint density at radius 2 is 1.81 bits per heavy atom. The molecule has 0 aliphatic heterocycles. The molecule has 1 aromatic carbocycles. The number of halogens is 1. The Morgan fingerprint density at radius 3 is 2.27 bits per heavy atom. The van der Waals surface area contributed by atoms with E-state index < -0.39 is 11.7 Å². The lowest BCUT2D eigenvalue weighted by Gasteiger charge is -2.62. The summed E-state index contributed by atoms with van der Waals surface area (Å²) in [6, 6.07) is 7.55. The summed E-state index contributed by atoms with van der Waals surface area (Å²) in [5, 5.41) is 12.1. The fourth-order valence-corrected chi connectivity index (χ4v) is 4.63. The summed E-state index contributed by atoms with van der Waals surface area (Å²) < 4.78 is 12.5. The highest BCUT2D eigenvalue weighted by Crippen LogP contribution is 2.55. The number of carbonyl (C=O) groups excluding carboxylic acids is 1. The zero-order valence-electron chi connectivity index (χ0n) is 16.4. The van der Waals surface area contributed by atoms with Crippen molar-refractivity contribution in [1.29, 1.82) is 5.26 Å². The number of ether oxygens (including phenoxy) is 2. The lowest BCUT2D eigenvalue weighted by molar-refractivity contribution is -0.166. The molecule has 0 aromatic heterocycles. The van der Waals surface area contributed by atoms with Crippen LogP contribution in [0.15, 0.2) is 18.2 Å². The van der Waals surface area contributed by atoms with E-state index in [4.69, 9.17) is 14.7 Å². The van der Waals surface area contributed by atoms with Crippen molar-refractivity contribution in [3.8, 4) is 11.8 Å². The molecule has 5 nitrogen and oxygen atoms in total. The normalized spacial score (nSPS) is 23.3. The fraction of sp³-hybridized carbons (Fsp3) is 0.600. The quantitative estimate of drug-likeness (QED) is 0.640. The number of hydrogen-bond acceptors (Lipinski definition) is 4. The third kappa shape index (κ3) is 4.08. The zero-order valence-corrected chi connectivity index (χ0v) is 18.6. The van der Waals surface area contributed by atoms with Gasteiger partial charge in [-0.15, -0.1) is 0 Å². The molecular formula is C20H27IN2O3. The van der Waals surface area contributed by atoms with Crippen LogP contribution in [0.5, 0.6) is 5.75 Å². The second-order valence-corrected chi connectivity index (χ2v) is 10.1. The molecule has 1 aromatic rings. The monoisotopic (exact) mass is 470 g/mol. The van der Waals surface area contributed by atoms with Gasteiger partial charge in [-0.2, -0.15) is 5.26 Å². The number of nitrogens with zero attached hydrogens (tertiary/aromatic N) is 1. The highest BCUT2D eigenvalue weighted by Gasteiger charge is 2.64. The molecule has 1 aliphatic carbocycles. The molecule has 1 aliphatic rings. The van der Waals surface area contributed by atoms with Crippen molar-refractivity contribution in [3.63, 3.8) is 0 Å². The minimum absolute atomic E-state index is 0.0766. The minimum atomic E-state index is -0.531. The number of nitriles is 1. The first-order valence-electron chi connectivity index (χ1n) is 8.65. The first kappa shape index (κ1) is 20.8. The van der Waals surface area contributed by atoms with E-state index in [2.05, 4.69) is 61.7 Å². The Balaban J connectivity index is 2.14. The van der Waals surface area contributed by atoms with Crippen LogP contribution in [0.1, 0.15) is 54.0 Å². The van der Waals surface area contributed by atoms with E-state index in [9.17, 15) is 4.79 Å². The highest BCUT2D eigenvalue weighted by molar-refractivity contribution is 14.1. The molecule has 0 bridgehead atoms. The topological polar surface area (TPSA) is 71.3 Å². The van der Waals surface area contributed by atoms with Gasteiger partial charge in [0.2, 0.25) is 0 Å². The molecule has 0 saturated heterocycles. The van der Waals surface area contributed by atoms with Crippen molar-refractivity contribution in [3.05, 3.63) is 27.3 Å². The molecule has 1 saturated carbocycles. The van der Waals surface area contributed by atoms with Crippen LogP contribution in [0.25, 0.3) is 0 Å². The number of carbonyl (C=O) groups is 1. The van der Waals surface area contributed by atoms with Crippen molar-refractivity contribution in [2.24, 2.45) is 10.8 Å². The van der Waals surface area contributed by atoms with Crippen LogP contribution in [0.3, 0.4) is 0 Å². The molecule has 1 N–H and O–H groups in total. The van der Waals surface area contributed by atoms with Gasteiger partial charge in [-0.05, 0) is 61.6 Å². The van der Waals surface area contributed by atoms with Crippen LogP contribution in [0, 0.1) is 25.7 Å². The van der Waals surface area contributed by atoms with Gasteiger partial charge >= 0.3 is 6.09 Å². The average Bonchev–Trinajstić information content (AvgIpc) is 2.48. The second-order valence-electron chi connectivity index (χ2n) is 8.97. The maximum absolute atomic E-state index is 12.2. The van der Waals surface area contributed by atoms with Crippen molar-refractivity contribution in [2.45, 2.75) is 66.2 Å². The van der Waals surface area contributed by atoms with Crippen molar-refractivity contribution >= 4 is 28.7 Å². The number of rotatable bonds is 3. The van der Waals surface area contributed by atoms with E-state index in [-0.39, 0.29) is 23.0 Å². The SMILES string of the molecule is CC(C)(C)OC(=O)N[C@H]1C(C)(C)[C@H](Oc2ccc(C#N)c(I)c2)C1(C)C. The van der Waals surface area contributed by atoms with Crippen LogP contribution >= 0.6 is 22.6 Å². The standard InChI is InChI=1S/C20H27IN2O3/c1-18(2,3)26-17(24)23-15-19(4,5)16(20(15,6)7)25-13-9-8-12(11-22)14(21)10-13/h8-10,15-16H,1-7H3,(H,23,24)/t15-,16-. The largest absolute Gasteiger partial charge is 0.489 e. The predicted molar refractivity (Wildman–Crippen MR) is 109 cm³/mol. The van der Waals surface area contributed by atoms with E-state index in [0.29, 0.717) is 5.56 Å². The van der Waals surface area contributed by atoms with E-state index in [1.165, 1.54) is 0 Å². The summed E-state index contributed by atoms with van der Waals surface area (Å²) in [5.41, 5.74) is -0.425. The minimum Gasteiger partial charge on any atom is -0.489 e. The lowest BCUT2D eigenvalue weighted by atomic mass is 9.49. The van der Waals surface area contributed by atoms with E-state index in [0.717, 1.165) is 9.32 Å². The van der Waals surface area contributed by atoms with Gasteiger partial charge in [-0.25, -0.2) is 4.79 Å². The molecule has 26 heavy (non-hydrogen) atoms. The molecule has 6 heteroatoms. The molecule has 0 atom stereocenters. The van der Waals surface area contributed by atoms with Gasteiger partial charge in [0.25, 0.3) is 0 Å². The lowest BCUT2D eigenvalue weighted by Crippen LogP contribution is -2.74. The molecule has 142 valence electrons. The van der Waals surface area contributed by atoms with Gasteiger partial charge in [0.15, 0.2) is 0 Å². The smallest absolute Gasteiger partial charge is 0.407 e. The summed E-state index contributed by atoms with van der Waals surface area (Å²) in [6.45, 7) is 13.9. The summed E-state index contributed by atoms with van der Waals surface area (Å²) >= 11 is 2.14. The molecule has 0 heterocycles. The number of amides is 1. The molecule has 0 spiro atoms. The predicted octanol–water partition coefficient (Wildman–Crippen LogP) is 4.87. The third-order valence-corrected chi connectivity index (χ3v) is 5.71. The highest BCUT2D eigenvalue weighted by atomic mass is 127. The van der Waals surface area contributed by atoms with Crippen molar-refractivity contribution in [1.82, 2.24) is 5.32 Å². The van der Waals surface area contributed by atoms with Crippen LogP contribution < -0.4 is 10.1 Å². The maximum Gasteiger partial charge on any atom is 0.407 e. The zero-order chi connectivity index (χ0) is 19.9. The number of nitrogens with one attached hydrogen (secondary N) is 1. The van der Waals surface area contributed by atoms with Gasteiger partial charge in [-0.1, -0.05) is 27.7 Å². The van der Waals surface area contributed by atoms with E-state index >= 15 is 0 Å². The second kappa shape index (κ2) is 6.91. The van der Waals surface area contributed by atoms with Crippen molar-refractivity contribution in [2.75, 3.05) is 0 Å². The first-order valence-corrected chi connectivity index (χ1v) is 9.72. The summed E-state index contributed by atoms with van der Waals surface area (Å²) in [7, 11) is 0. The van der Waals surface area contributed by atoms with Crippen molar-refractivity contribution < 1.29 is 14.3 Å². The van der Waals surface area contributed by atoms with Crippen LogP contribution in [0.2, 0.25) is 0 Å². The van der Waals surface area contributed by atoms with Crippen LogP contribution in [0.4, 0.5) is 4.79 Å². The van der Waals surface area contributed by atoms with E-state index in [1.54, 1.807) is 6.07 Å². The summed E-state index contributed by atoms with van der Waals surface area (Å²) in [6.07, 6.45) is -0.492. The average molecular weight is 470 g/mol. The molecular weight excluding hydrogens is 443 g/mol. The molecule has 0 radical (unpaired) electrons. The van der Waals surface area contributed by atoms with Crippen LogP contribution in [-0.2, 0) is 4.74 Å². The number of alkyl carbamates (subject to hydrolysis) is 1. The van der Waals surface area contributed by atoms with Gasteiger partial charge in [-0.3, -0.25) is 0 Å². The van der Waals surface area contributed by atoms with E-state index in [1.807, 2.05) is 32.9 Å². The number of hydrogen-bond donors (Lipinski definition) is 1. The molecule has 1 fully saturated rings. The Hall–Kier alpha value is -1.49. The fourth-order valence-electron chi connectivity index (χ4n) is 4.02. The molecule has 2 rings (SSSR count). The van der Waals surface area contributed by atoms with Gasteiger partial charge in [0.05, 0.1) is 5.56 Å². The Morgan fingerprint density at radius 1 is 1.23 bits per heavy atom. The Kier molecular flexibility index (Phi) is 5.54. The van der Waals surface area contributed by atoms with Gasteiger partial charge in [0.1, 0.15) is 23.5 Å². The Labute approximate surface area is 169 Å². The first-order chi connectivity index (χ1) is 11.8. The third-order valence-electron chi connectivity index (χ3n) is 4.82.